The molecular weight excluding hydrogens is 339 g/mol. The van der Waals surface area contributed by atoms with E-state index in [1.807, 2.05) is 4.72 Å². The molecule has 1 N–H and O–H groups in total. The predicted octanol–water partition coefficient (Wildman–Crippen LogP) is 1.68. The maximum Gasteiger partial charge on any atom is 0.448 e. The summed E-state index contributed by atoms with van der Waals surface area (Å²) >= 11 is 0.0313. The number of halogens is 3. The Morgan fingerprint density at radius 1 is 1.40 bits per heavy atom. The molecule has 0 aliphatic heterocycles. The number of anilines is 1. The Kier molecular flexibility index (Phi) is 3.93. The van der Waals surface area contributed by atoms with Gasteiger partial charge in [-0.1, -0.05) is 11.3 Å². The second kappa shape index (κ2) is 5.21. The van der Waals surface area contributed by atoms with Crippen molar-refractivity contribution in [1.29, 1.82) is 0 Å². The van der Waals surface area contributed by atoms with Gasteiger partial charge in [0, 0.05) is 18.8 Å². The monoisotopic (exact) mass is 345 g/mol. The molecule has 20 heavy (non-hydrogen) atoms. The second-order valence-electron chi connectivity index (χ2n) is 3.32. The quantitative estimate of drug-likeness (QED) is 0.848. The summed E-state index contributed by atoms with van der Waals surface area (Å²) in [6.45, 7) is 0. The molecular formula is C7H6F3N5O2S3. The Morgan fingerprint density at radius 3 is 2.65 bits per heavy atom. The van der Waals surface area contributed by atoms with Gasteiger partial charge in [0.05, 0.1) is 6.20 Å². The van der Waals surface area contributed by atoms with E-state index in [-0.39, 0.29) is 10.2 Å². The summed E-state index contributed by atoms with van der Waals surface area (Å²) in [5.74, 6) is 0. The van der Waals surface area contributed by atoms with Crippen LogP contribution in [0.4, 0.5) is 18.3 Å². The van der Waals surface area contributed by atoms with Gasteiger partial charge in [-0.15, -0.1) is 10.2 Å². The van der Waals surface area contributed by atoms with Gasteiger partial charge in [-0.25, -0.2) is 0 Å². The van der Waals surface area contributed by atoms with Crippen molar-refractivity contribution in [3.8, 4) is 0 Å². The van der Waals surface area contributed by atoms with Crippen molar-refractivity contribution in [3.05, 3.63) is 12.3 Å². The molecule has 110 valence electrons. The van der Waals surface area contributed by atoms with Gasteiger partial charge in [0.15, 0.2) is 9.37 Å². The number of aryl methyl sites for hydroxylation is 1. The summed E-state index contributed by atoms with van der Waals surface area (Å²) in [6, 6.07) is 1.24. The van der Waals surface area contributed by atoms with Crippen LogP contribution in [0.3, 0.4) is 0 Å². The minimum absolute atomic E-state index is 0.141. The number of sulfonamides is 1. The molecule has 0 aliphatic rings. The first kappa shape index (κ1) is 15.1. The molecule has 0 spiro atoms. The number of nitrogens with zero attached hydrogens (tertiary/aromatic N) is 4. The van der Waals surface area contributed by atoms with E-state index in [0.29, 0.717) is 11.3 Å². The Labute approximate surface area is 119 Å². The number of nitrogens with one attached hydrogen (secondary N) is 1. The highest BCUT2D eigenvalue weighted by Gasteiger charge is 2.32. The number of hydrogen-bond donors (Lipinski definition) is 1. The first-order chi connectivity index (χ1) is 9.17. The van der Waals surface area contributed by atoms with Crippen molar-refractivity contribution in [2.45, 2.75) is 14.9 Å². The lowest BCUT2D eigenvalue weighted by atomic mass is 10.7. The largest absolute Gasteiger partial charge is 0.448 e. The summed E-state index contributed by atoms with van der Waals surface area (Å²) in [7, 11) is -2.55. The molecule has 0 bridgehead atoms. The second-order valence-corrected chi connectivity index (χ2v) is 7.24. The molecule has 0 unspecified atom stereocenters. The van der Waals surface area contributed by atoms with Crippen molar-refractivity contribution >= 4 is 38.3 Å². The number of hydrogen-bond acceptors (Lipinski definition) is 7. The van der Waals surface area contributed by atoms with Crippen LogP contribution in [0.5, 0.6) is 0 Å². The third-order valence-corrected chi connectivity index (χ3v) is 5.05. The topological polar surface area (TPSA) is 89.8 Å². The molecule has 7 nitrogen and oxygen atoms in total. The van der Waals surface area contributed by atoms with E-state index < -0.39 is 31.6 Å². The highest BCUT2D eigenvalue weighted by molar-refractivity contribution is 8.01. The first-order valence-electron chi connectivity index (χ1n) is 4.77. The maximum atomic E-state index is 12.1. The summed E-state index contributed by atoms with van der Waals surface area (Å²) < 4.78 is 62.9. The third-order valence-electron chi connectivity index (χ3n) is 1.88. The highest BCUT2D eigenvalue weighted by Crippen LogP contribution is 2.39. The average molecular weight is 345 g/mol. The molecule has 2 heterocycles. The van der Waals surface area contributed by atoms with Gasteiger partial charge >= 0.3 is 5.51 Å². The fraction of sp³-hybridized carbons (Fsp3) is 0.286. The normalized spacial score (nSPS) is 12.6. The molecule has 2 rings (SSSR count). The van der Waals surface area contributed by atoms with E-state index in [2.05, 4.69) is 15.3 Å². The summed E-state index contributed by atoms with van der Waals surface area (Å²) in [5, 5.41) is 9.90. The van der Waals surface area contributed by atoms with E-state index in [0.717, 1.165) is 4.68 Å². The molecule has 0 saturated heterocycles. The van der Waals surface area contributed by atoms with Crippen LogP contribution in [0.1, 0.15) is 0 Å². The molecule has 0 aliphatic carbocycles. The van der Waals surface area contributed by atoms with Gasteiger partial charge in [0.25, 0.3) is 10.0 Å². The molecule has 0 amide bonds. The van der Waals surface area contributed by atoms with Crippen LogP contribution in [-0.4, -0.2) is 33.9 Å². The Balaban J connectivity index is 2.17. The van der Waals surface area contributed by atoms with E-state index >= 15 is 0 Å². The molecule has 0 saturated carbocycles. The molecule has 2 aromatic rings. The van der Waals surface area contributed by atoms with Crippen LogP contribution < -0.4 is 4.72 Å². The van der Waals surface area contributed by atoms with Crippen molar-refractivity contribution in [3.63, 3.8) is 0 Å². The smallest absolute Gasteiger partial charge is 0.256 e. The van der Waals surface area contributed by atoms with Gasteiger partial charge < -0.3 is 0 Å². The molecule has 2 aromatic heterocycles. The Morgan fingerprint density at radius 2 is 2.10 bits per heavy atom. The number of alkyl halides is 3. The van der Waals surface area contributed by atoms with Crippen molar-refractivity contribution in [2.75, 3.05) is 4.72 Å². The minimum atomic E-state index is -4.50. The summed E-state index contributed by atoms with van der Waals surface area (Å²) in [4.78, 5) is 0. The standard InChI is InChI=1S/C7H6F3N5O2S3/c1-15-4(2-3-11-15)20(16,17)14-5-12-13-6(18-5)19-7(8,9)10/h2-3H,1H3,(H,12,14). The highest BCUT2D eigenvalue weighted by atomic mass is 32.2. The lowest BCUT2D eigenvalue weighted by Crippen LogP contribution is -2.16. The molecule has 0 radical (unpaired) electrons. The van der Waals surface area contributed by atoms with Crippen molar-refractivity contribution in [2.24, 2.45) is 7.05 Å². The molecule has 0 fully saturated rings. The van der Waals surface area contributed by atoms with Gasteiger partial charge in [-0.3, -0.25) is 9.40 Å². The molecule has 0 atom stereocenters. The average Bonchev–Trinajstić information content (AvgIpc) is 2.85. The van der Waals surface area contributed by atoms with Gasteiger partial charge in [0.2, 0.25) is 5.13 Å². The van der Waals surface area contributed by atoms with Gasteiger partial charge in [-0.2, -0.15) is 26.7 Å². The zero-order valence-corrected chi connectivity index (χ0v) is 12.1. The Hall–Kier alpha value is -1.34. The van der Waals surface area contributed by atoms with Crippen LogP contribution >= 0.6 is 23.1 Å². The fourth-order valence-electron chi connectivity index (χ4n) is 1.18. The van der Waals surface area contributed by atoms with Crippen LogP contribution in [0.15, 0.2) is 21.6 Å². The number of rotatable bonds is 4. The lowest BCUT2D eigenvalue weighted by Gasteiger charge is -2.04. The van der Waals surface area contributed by atoms with Gasteiger partial charge in [0.1, 0.15) is 0 Å². The maximum absolute atomic E-state index is 12.1. The Bertz CT molecular complexity index is 707. The van der Waals surface area contributed by atoms with Crippen LogP contribution in [0.2, 0.25) is 0 Å². The van der Waals surface area contributed by atoms with E-state index in [1.165, 1.54) is 19.3 Å². The third kappa shape index (κ3) is 3.61. The zero-order valence-electron chi connectivity index (χ0n) is 9.62. The zero-order chi connectivity index (χ0) is 15.0. The minimum Gasteiger partial charge on any atom is -0.256 e. The molecule has 13 heteroatoms. The van der Waals surface area contributed by atoms with Crippen LogP contribution in [-0.2, 0) is 17.1 Å². The molecule has 0 aromatic carbocycles. The predicted molar refractivity (Wildman–Crippen MR) is 65.8 cm³/mol. The SMILES string of the molecule is Cn1nccc1S(=O)(=O)Nc1nnc(SC(F)(F)F)s1. The number of thioether (sulfide) groups is 1. The number of aromatic nitrogens is 4. The van der Waals surface area contributed by atoms with Crippen LogP contribution in [0, 0.1) is 0 Å². The van der Waals surface area contributed by atoms with Crippen LogP contribution in [0.25, 0.3) is 0 Å². The fourth-order valence-corrected chi connectivity index (χ4v) is 3.99. The van der Waals surface area contributed by atoms with Gasteiger partial charge in [-0.05, 0) is 6.07 Å². The van der Waals surface area contributed by atoms with E-state index in [9.17, 15) is 21.6 Å². The summed E-state index contributed by atoms with van der Waals surface area (Å²) in [5.41, 5.74) is -4.50. The first-order valence-corrected chi connectivity index (χ1v) is 7.89. The lowest BCUT2D eigenvalue weighted by molar-refractivity contribution is -0.0328. The van der Waals surface area contributed by atoms with Crippen molar-refractivity contribution < 1.29 is 21.6 Å². The summed E-state index contributed by atoms with van der Waals surface area (Å²) in [6.07, 6.45) is 1.28. The van der Waals surface area contributed by atoms with E-state index in [1.54, 1.807) is 0 Å². The van der Waals surface area contributed by atoms with Crippen molar-refractivity contribution in [1.82, 2.24) is 20.0 Å². The van der Waals surface area contributed by atoms with E-state index in [4.69, 9.17) is 0 Å².